The number of benzene rings is 1. The number of methoxy groups -OCH3 is 1. The molecule has 1 saturated carbocycles. The van der Waals surface area contributed by atoms with Gasteiger partial charge in [-0.05, 0) is 30.5 Å². The second-order valence-corrected chi connectivity index (χ2v) is 5.47. The van der Waals surface area contributed by atoms with E-state index in [9.17, 15) is 10.2 Å². The van der Waals surface area contributed by atoms with Crippen molar-refractivity contribution in [3.63, 3.8) is 0 Å². The Balaban J connectivity index is 1.87. The fraction of sp³-hybridized carbons (Fsp3) is 0.600. The number of aliphatic hydroxyl groups is 1. The molecular formula is C15H23NO3. The molecule has 0 aromatic heterocycles. The highest BCUT2D eigenvalue weighted by Gasteiger charge is 2.32. The first-order valence-corrected chi connectivity index (χ1v) is 6.87. The normalized spacial score (nSPS) is 17.6. The van der Waals surface area contributed by atoms with Crippen molar-refractivity contribution >= 4 is 0 Å². The molecule has 0 atom stereocenters. The van der Waals surface area contributed by atoms with Crippen LogP contribution in [0.2, 0.25) is 0 Å². The Hall–Kier alpha value is -1.26. The van der Waals surface area contributed by atoms with Crippen molar-refractivity contribution in [2.24, 2.45) is 5.41 Å². The smallest absolute Gasteiger partial charge is 0.160 e. The lowest BCUT2D eigenvalue weighted by Gasteiger charge is -2.26. The summed E-state index contributed by atoms with van der Waals surface area (Å²) >= 11 is 0. The van der Waals surface area contributed by atoms with Gasteiger partial charge in [0.15, 0.2) is 11.5 Å². The van der Waals surface area contributed by atoms with E-state index in [0.29, 0.717) is 12.3 Å². The maximum absolute atomic E-state index is 9.71. The standard InChI is InChI=1S/C15H23NO3/c1-19-14-5-4-12(8-13(14)18)9-16-10-15(11-17)6-2-3-7-15/h4-5,8,16-18H,2-3,6-7,9-11H2,1H3. The minimum Gasteiger partial charge on any atom is -0.504 e. The third-order valence-corrected chi connectivity index (χ3v) is 4.07. The summed E-state index contributed by atoms with van der Waals surface area (Å²) in [6.45, 7) is 1.78. The summed E-state index contributed by atoms with van der Waals surface area (Å²) in [7, 11) is 1.54. The second-order valence-electron chi connectivity index (χ2n) is 5.47. The van der Waals surface area contributed by atoms with E-state index in [0.717, 1.165) is 24.9 Å². The molecule has 4 nitrogen and oxygen atoms in total. The summed E-state index contributed by atoms with van der Waals surface area (Å²) < 4.78 is 5.02. The number of aliphatic hydroxyl groups excluding tert-OH is 1. The molecule has 0 unspecified atom stereocenters. The van der Waals surface area contributed by atoms with Crippen LogP contribution < -0.4 is 10.1 Å². The summed E-state index contributed by atoms with van der Waals surface area (Å²) in [5.41, 5.74) is 1.08. The van der Waals surface area contributed by atoms with Gasteiger partial charge >= 0.3 is 0 Å². The largest absolute Gasteiger partial charge is 0.504 e. The van der Waals surface area contributed by atoms with Crippen molar-refractivity contribution in [2.75, 3.05) is 20.3 Å². The van der Waals surface area contributed by atoms with Crippen LogP contribution in [0.5, 0.6) is 11.5 Å². The van der Waals surface area contributed by atoms with Crippen LogP contribution in [0.25, 0.3) is 0 Å². The quantitative estimate of drug-likeness (QED) is 0.736. The third-order valence-electron chi connectivity index (χ3n) is 4.07. The molecule has 0 heterocycles. The van der Waals surface area contributed by atoms with Crippen LogP contribution in [-0.4, -0.2) is 30.5 Å². The number of nitrogens with one attached hydrogen (secondary N) is 1. The first kappa shape index (κ1) is 14.2. The lowest BCUT2D eigenvalue weighted by molar-refractivity contribution is 0.128. The molecular weight excluding hydrogens is 242 g/mol. The zero-order valence-corrected chi connectivity index (χ0v) is 11.5. The molecule has 106 valence electrons. The van der Waals surface area contributed by atoms with Crippen LogP contribution in [0.15, 0.2) is 18.2 Å². The summed E-state index contributed by atoms with van der Waals surface area (Å²) in [6, 6.07) is 5.42. The molecule has 1 aromatic rings. The van der Waals surface area contributed by atoms with Gasteiger partial charge < -0.3 is 20.3 Å². The number of aromatic hydroxyl groups is 1. The van der Waals surface area contributed by atoms with E-state index in [2.05, 4.69) is 5.32 Å². The van der Waals surface area contributed by atoms with Crippen LogP contribution in [-0.2, 0) is 6.54 Å². The maximum atomic E-state index is 9.71. The van der Waals surface area contributed by atoms with Crippen molar-refractivity contribution in [1.82, 2.24) is 5.32 Å². The lowest BCUT2D eigenvalue weighted by Crippen LogP contribution is -2.34. The van der Waals surface area contributed by atoms with Gasteiger partial charge in [0, 0.05) is 25.1 Å². The number of ether oxygens (including phenoxy) is 1. The zero-order valence-electron chi connectivity index (χ0n) is 11.5. The van der Waals surface area contributed by atoms with Gasteiger partial charge in [0.2, 0.25) is 0 Å². The molecule has 1 aliphatic rings. The lowest BCUT2D eigenvalue weighted by atomic mass is 9.87. The van der Waals surface area contributed by atoms with E-state index in [1.807, 2.05) is 6.07 Å². The van der Waals surface area contributed by atoms with Crippen LogP contribution in [0.3, 0.4) is 0 Å². The minimum atomic E-state index is 0.0640. The van der Waals surface area contributed by atoms with Crippen molar-refractivity contribution in [3.05, 3.63) is 23.8 Å². The molecule has 0 aliphatic heterocycles. The van der Waals surface area contributed by atoms with Gasteiger partial charge in [0.05, 0.1) is 7.11 Å². The fourth-order valence-corrected chi connectivity index (χ4v) is 2.83. The van der Waals surface area contributed by atoms with E-state index in [-0.39, 0.29) is 17.8 Å². The Morgan fingerprint density at radius 2 is 2.05 bits per heavy atom. The Bertz CT molecular complexity index is 414. The van der Waals surface area contributed by atoms with Crippen LogP contribution in [0, 0.1) is 5.41 Å². The fourth-order valence-electron chi connectivity index (χ4n) is 2.83. The van der Waals surface area contributed by atoms with Gasteiger partial charge in [-0.15, -0.1) is 0 Å². The number of hydrogen-bond acceptors (Lipinski definition) is 4. The van der Waals surface area contributed by atoms with Crippen LogP contribution in [0.4, 0.5) is 0 Å². The highest BCUT2D eigenvalue weighted by Crippen LogP contribution is 2.37. The van der Waals surface area contributed by atoms with Crippen molar-refractivity contribution in [2.45, 2.75) is 32.2 Å². The van der Waals surface area contributed by atoms with E-state index < -0.39 is 0 Å². The van der Waals surface area contributed by atoms with Crippen molar-refractivity contribution in [3.8, 4) is 11.5 Å². The predicted molar refractivity (Wildman–Crippen MR) is 74.4 cm³/mol. The van der Waals surface area contributed by atoms with Crippen LogP contribution in [0.1, 0.15) is 31.2 Å². The highest BCUT2D eigenvalue weighted by molar-refractivity contribution is 5.41. The molecule has 2 rings (SSSR count). The number of hydrogen-bond donors (Lipinski definition) is 3. The van der Waals surface area contributed by atoms with E-state index in [1.165, 1.54) is 20.0 Å². The first-order valence-electron chi connectivity index (χ1n) is 6.87. The molecule has 1 fully saturated rings. The number of phenolic OH excluding ortho intramolecular Hbond substituents is 1. The minimum absolute atomic E-state index is 0.0640. The van der Waals surface area contributed by atoms with Gasteiger partial charge in [0.25, 0.3) is 0 Å². The SMILES string of the molecule is COc1ccc(CNCC2(CO)CCCC2)cc1O. The predicted octanol–water partition coefficient (Wildman–Crippen LogP) is 2.04. The molecule has 0 saturated heterocycles. The highest BCUT2D eigenvalue weighted by atomic mass is 16.5. The number of rotatable bonds is 6. The van der Waals surface area contributed by atoms with E-state index in [1.54, 1.807) is 12.1 Å². The summed E-state index contributed by atoms with van der Waals surface area (Å²) in [5, 5.41) is 22.6. The molecule has 0 radical (unpaired) electrons. The van der Waals surface area contributed by atoms with Gasteiger partial charge in [-0.25, -0.2) is 0 Å². The Kier molecular flexibility index (Phi) is 4.66. The Morgan fingerprint density at radius 3 is 2.63 bits per heavy atom. The van der Waals surface area contributed by atoms with Gasteiger partial charge in [-0.2, -0.15) is 0 Å². The average Bonchev–Trinajstić information content (AvgIpc) is 2.88. The monoisotopic (exact) mass is 265 g/mol. The number of phenols is 1. The summed E-state index contributed by atoms with van der Waals surface area (Å²) in [6.07, 6.45) is 4.63. The topological polar surface area (TPSA) is 61.7 Å². The zero-order chi connectivity index (χ0) is 13.7. The first-order chi connectivity index (χ1) is 9.19. The van der Waals surface area contributed by atoms with Crippen molar-refractivity contribution < 1.29 is 14.9 Å². The Morgan fingerprint density at radius 1 is 1.32 bits per heavy atom. The molecule has 0 amide bonds. The summed E-state index contributed by atoms with van der Waals surface area (Å²) in [5.74, 6) is 0.658. The van der Waals surface area contributed by atoms with Gasteiger partial charge in [0.1, 0.15) is 0 Å². The molecule has 0 spiro atoms. The molecule has 4 heteroatoms. The molecule has 19 heavy (non-hydrogen) atoms. The molecule has 3 N–H and O–H groups in total. The van der Waals surface area contributed by atoms with Gasteiger partial charge in [-0.3, -0.25) is 0 Å². The van der Waals surface area contributed by atoms with E-state index >= 15 is 0 Å². The van der Waals surface area contributed by atoms with E-state index in [4.69, 9.17) is 4.74 Å². The second kappa shape index (κ2) is 6.26. The molecule has 0 bridgehead atoms. The van der Waals surface area contributed by atoms with Gasteiger partial charge in [-0.1, -0.05) is 18.9 Å². The van der Waals surface area contributed by atoms with Crippen molar-refractivity contribution in [1.29, 1.82) is 0 Å². The third kappa shape index (κ3) is 3.39. The molecule has 1 aromatic carbocycles. The average molecular weight is 265 g/mol. The molecule has 1 aliphatic carbocycles. The maximum Gasteiger partial charge on any atom is 0.160 e. The van der Waals surface area contributed by atoms with Crippen LogP contribution >= 0.6 is 0 Å². The summed E-state index contributed by atoms with van der Waals surface area (Å²) in [4.78, 5) is 0. The Labute approximate surface area is 114 Å².